The van der Waals surface area contributed by atoms with Crippen LogP contribution >= 0.6 is 11.6 Å². The van der Waals surface area contributed by atoms with E-state index >= 15 is 0 Å². The SMILES string of the molecule is CC(C)CNCc1ccc(N(C)CC2CC2)cc1Cl. The third-order valence-electron chi connectivity index (χ3n) is 3.57. The molecule has 0 bridgehead atoms. The van der Waals surface area contributed by atoms with E-state index in [1.165, 1.54) is 24.1 Å². The van der Waals surface area contributed by atoms with E-state index in [-0.39, 0.29) is 0 Å². The van der Waals surface area contributed by atoms with Gasteiger partial charge in [-0.05, 0) is 48.9 Å². The molecule has 19 heavy (non-hydrogen) atoms. The Morgan fingerprint density at radius 2 is 2.11 bits per heavy atom. The van der Waals surface area contributed by atoms with Gasteiger partial charge in [-0.25, -0.2) is 0 Å². The summed E-state index contributed by atoms with van der Waals surface area (Å²) in [4.78, 5) is 2.31. The van der Waals surface area contributed by atoms with Crippen molar-refractivity contribution >= 4 is 17.3 Å². The summed E-state index contributed by atoms with van der Waals surface area (Å²) in [7, 11) is 2.15. The number of hydrogen-bond donors (Lipinski definition) is 1. The molecular formula is C16H25ClN2. The zero-order valence-corrected chi connectivity index (χ0v) is 13.0. The Bertz CT molecular complexity index is 413. The number of halogens is 1. The third-order valence-corrected chi connectivity index (χ3v) is 3.93. The number of anilines is 1. The van der Waals surface area contributed by atoms with Gasteiger partial charge in [0.15, 0.2) is 0 Å². The molecule has 1 N–H and O–H groups in total. The smallest absolute Gasteiger partial charge is 0.0471 e. The van der Waals surface area contributed by atoms with Crippen molar-refractivity contribution in [3.8, 4) is 0 Å². The van der Waals surface area contributed by atoms with Crippen molar-refractivity contribution in [3.05, 3.63) is 28.8 Å². The van der Waals surface area contributed by atoms with Crippen molar-refractivity contribution in [2.24, 2.45) is 11.8 Å². The van der Waals surface area contributed by atoms with Crippen LogP contribution < -0.4 is 10.2 Å². The van der Waals surface area contributed by atoms with Gasteiger partial charge in [-0.2, -0.15) is 0 Å². The molecule has 0 aromatic heterocycles. The highest BCUT2D eigenvalue weighted by Crippen LogP contribution is 2.31. The van der Waals surface area contributed by atoms with Crippen LogP contribution in [-0.4, -0.2) is 20.1 Å². The van der Waals surface area contributed by atoms with Gasteiger partial charge in [0.2, 0.25) is 0 Å². The van der Waals surface area contributed by atoms with Gasteiger partial charge in [-0.1, -0.05) is 31.5 Å². The summed E-state index contributed by atoms with van der Waals surface area (Å²) in [6.45, 7) is 7.46. The normalized spacial score (nSPS) is 15.0. The third kappa shape index (κ3) is 4.70. The van der Waals surface area contributed by atoms with Crippen LogP contribution in [-0.2, 0) is 6.54 Å². The molecule has 2 nitrogen and oxygen atoms in total. The predicted molar refractivity (Wildman–Crippen MR) is 84.0 cm³/mol. The number of benzene rings is 1. The van der Waals surface area contributed by atoms with Gasteiger partial charge in [0.1, 0.15) is 0 Å². The number of hydrogen-bond acceptors (Lipinski definition) is 2. The summed E-state index contributed by atoms with van der Waals surface area (Å²) in [6.07, 6.45) is 2.77. The standard InChI is InChI=1S/C16H25ClN2/c1-12(2)9-18-10-14-6-7-15(8-16(14)17)19(3)11-13-4-5-13/h6-8,12-13,18H,4-5,9-11H2,1-3H3. The van der Waals surface area contributed by atoms with Gasteiger partial charge < -0.3 is 10.2 Å². The molecule has 1 aliphatic carbocycles. The molecular weight excluding hydrogens is 256 g/mol. The summed E-state index contributed by atoms with van der Waals surface area (Å²) >= 11 is 6.37. The highest BCUT2D eigenvalue weighted by Gasteiger charge is 2.23. The second-order valence-electron chi connectivity index (χ2n) is 6.12. The van der Waals surface area contributed by atoms with E-state index < -0.39 is 0 Å². The zero-order valence-electron chi connectivity index (χ0n) is 12.2. The summed E-state index contributed by atoms with van der Waals surface area (Å²) in [6, 6.07) is 6.42. The maximum atomic E-state index is 6.37. The van der Waals surface area contributed by atoms with E-state index in [0.29, 0.717) is 5.92 Å². The van der Waals surface area contributed by atoms with E-state index in [0.717, 1.165) is 30.6 Å². The minimum atomic E-state index is 0.669. The highest BCUT2D eigenvalue weighted by molar-refractivity contribution is 6.31. The lowest BCUT2D eigenvalue weighted by molar-refractivity contribution is 0.552. The fraction of sp³-hybridized carbons (Fsp3) is 0.625. The van der Waals surface area contributed by atoms with Gasteiger partial charge in [-0.15, -0.1) is 0 Å². The molecule has 1 aliphatic rings. The van der Waals surface area contributed by atoms with E-state index in [2.05, 4.69) is 49.3 Å². The largest absolute Gasteiger partial charge is 0.374 e. The molecule has 0 spiro atoms. The maximum absolute atomic E-state index is 6.37. The van der Waals surface area contributed by atoms with E-state index in [1.54, 1.807) is 0 Å². The Morgan fingerprint density at radius 3 is 2.68 bits per heavy atom. The lowest BCUT2D eigenvalue weighted by atomic mass is 10.1. The van der Waals surface area contributed by atoms with Crippen LogP contribution in [0.1, 0.15) is 32.3 Å². The molecule has 2 rings (SSSR count). The molecule has 0 radical (unpaired) electrons. The molecule has 0 heterocycles. The van der Waals surface area contributed by atoms with Gasteiger partial charge in [0.25, 0.3) is 0 Å². The van der Waals surface area contributed by atoms with Crippen LogP contribution in [0.2, 0.25) is 5.02 Å². The number of nitrogens with zero attached hydrogens (tertiary/aromatic N) is 1. The summed E-state index contributed by atoms with van der Waals surface area (Å²) in [5.74, 6) is 1.57. The molecule has 0 atom stereocenters. The topological polar surface area (TPSA) is 15.3 Å². The van der Waals surface area contributed by atoms with Crippen LogP contribution in [0.4, 0.5) is 5.69 Å². The van der Waals surface area contributed by atoms with Crippen LogP contribution in [0.25, 0.3) is 0 Å². The molecule has 1 aromatic rings. The summed E-state index contributed by atoms with van der Waals surface area (Å²) in [5, 5.41) is 4.31. The van der Waals surface area contributed by atoms with Gasteiger partial charge in [-0.3, -0.25) is 0 Å². The lowest BCUT2D eigenvalue weighted by Gasteiger charge is -2.20. The fourth-order valence-electron chi connectivity index (χ4n) is 2.21. The van der Waals surface area contributed by atoms with Crippen LogP contribution in [0.15, 0.2) is 18.2 Å². The molecule has 1 fully saturated rings. The second-order valence-corrected chi connectivity index (χ2v) is 6.53. The molecule has 1 saturated carbocycles. The van der Waals surface area contributed by atoms with E-state index in [9.17, 15) is 0 Å². The maximum Gasteiger partial charge on any atom is 0.0471 e. The summed E-state index contributed by atoms with van der Waals surface area (Å²) < 4.78 is 0. The first-order valence-corrected chi connectivity index (χ1v) is 7.64. The van der Waals surface area contributed by atoms with E-state index in [4.69, 9.17) is 11.6 Å². The molecule has 3 heteroatoms. The molecule has 0 amide bonds. The highest BCUT2D eigenvalue weighted by atomic mass is 35.5. The summed E-state index contributed by atoms with van der Waals surface area (Å²) in [5.41, 5.74) is 2.41. The lowest BCUT2D eigenvalue weighted by Crippen LogP contribution is -2.21. The zero-order chi connectivity index (χ0) is 13.8. The van der Waals surface area contributed by atoms with Crippen LogP contribution in [0.5, 0.6) is 0 Å². The van der Waals surface area contributed by atoms with Crippen molar-refractivity contribution < 1.29 is 0 Å². The number of nitrogens with one attached hydrogen (secondary N) is 1. The molecule has 1 aromatic carbocycles. The predicted octanol–water partition coefficient (Wildman–Crippen LogP) is 3.93. The van der Waals surface area contributed by atoms with Crippen molar-refractivity contribution in [2.75, 3.05) is 25.0 Å². The first-order valence-electron chi connectivity index (χ1n) is 7.26. The Balaban J connectivity index is 1.91. The van der Waals surface area contributed by atoms with Gasteiger partial charge >= 0.3 is 0 Å². The Morgan fingerprint density at radius 1 is 1.37 bits per heavy atom. The average molecular weight is 281 g/mol. The van der Waals surface area contributed by atoms with Gasteiger partial charge in [0, 0.05) is 30.8 Å². The number of rotatable bonds is 7. The monoisotopic (exact) mass is 280 g/mol. The van der Waals surface area contributed by atoms with Crippen molar-refractivity contribution in [3.63, 3.8) is 0 Å². The minimum Gasteiger partial charge on any atom is -0.374 e. The molecule has 0 saturated heterocycles. The first kappa shape index (κ1) is 14.7. The molecule has 0 aliphatic heterocycles. The fourth-order valence-corrected chi connectivity index (χ4v) is 2.45. The second kappa shape index (κ2) is 6.62. The Hall–Kier alpha value is -0.730. The van der Waals surface area contributed by atoms with Crippen molar-refractivity contribution in [1.29, 1.82) is 0 Å². The van der Waals surface area contributed by atoms with Crippen LogP contribution in [0, 0.1) is 11.8 Å². The first-order chi connectivity index (χ1) is 9.06. The minimum absolute atomic E-state index is 0.669. The van der Waals surface area contributed by atoms with Gasteiger partial charge in [0.05, 0.1) is 0 Å². The quantitative estimate of drug-likeness (QED) is 0.814. The average Bonchev–Trinajstić information content (AvgIpc) is 3.14. The molecule has 0 unspecified atom stereocenters. The Labute approximate surface area is 122 Å². The Kier molecular flexibility index (Phi) is 5.12. The van der Waals surface area contributed by atoms with Crippen LogP contribution in [0.3, 0.4) is 0 Å². The molecule has 106 valence electrons. The van der Waals surface area contributed by atoms with E-state index in [1.807, 2.05) is 0 Å². The van der Waals surface area contributed by atoms with Crippen molar-refractivity contribution in [2.45, 2.75) is 33.2 Å². The van der Waals surface area contributed by atoms with Crippen molar-refractivity contribution in [1.82, 2.24) is 5.32 Å².